The molecule has 17 heavy (non-hydrogen) atoms. The number of aromatic nitrogens is 1. The fourth-order valence-electron chi connectivity index (χ4n) is 2.48. The van der Waals surface area contributed by atoms with Gasteiger partial charge in [0.2, 0.25) is 0 Å². The van der Waals surface area contributed by atoms with Crippen LogP contribution in [0.15, 0.2) is 18.3 Å². The van der Waals surface area contributed by atoms with E-state index in [-0.39, 0.29) is 6.61 Å². The van der Waals surface area contributed by atoms with Crippen molar-refractivity contribution in [3.8, 4) is 0 Å². The van der Waals surface area contributed by atoms with Gasteiger partial charge in [-0.25, -0.2) is 10.8 Å². The van der Waals surface area contributed by atoms with Crippen LogP contribution in [0.25, 0.3) is 0 Å². The van der Waals surface area contributed by atoms with Crippen molar-refractivity contribution in [3.63, 3.8) is 0 Å². The molecule has 5 heteroatoms. The standard InChI is InChI=1S/C12H20N4O/c13-15-12-9-11(5-6-14-12)16-7-1-3-10(16)4-2-8-17/h5-6,9-10,17H,1-4,7-8,13H2,(H,14,15). The smallest absolute Gasteiger partial charge is 0.141 e. The number of aliphatic hydroxyl groups excluding tert-OH is 1. The number of hydrogen-bond acceptors (Lipinski definition) is 5. The molecular weight excluding hydrogens is 216 g/mol. The molecule has 4 N–H and O–H groups in total. The summed E-state index contributed by atoms with van der Waals surface area (Å²) in [5, 5.41) is 8.91. The van der Waals surface area contributed by atoms with E-state index in [4.69, 9.17) is 10.9 Å². The summed E-state index contributed by atoms with van der Waals surface area (Å²) in [7, 11) is 0. The third-order valence-corrected chi connectivity index (χ3v) is 3.30. The molecular formula is C12H20N4O. The summed E-state index contributed by atoms with van der Waals surface area (Å²) in [6.45, 7) is 1.35. The molecule has 0 amide bonds. The van der Waals surface area contributed by atoms with Gasteiger partial charge in [-0.2, -0.15) is 0 Å². The van der Waals surface area contributed by atoms with E-state index < -0.39 is 0 Å². The van der Waals surface area contributed by atoms with E-state index in [9.17, 15) is 0 Å². The Kier molecular flexibility index (Phi) is 4.17. The average Bonchev–Trinajstić information content (AvgIpc) is 2.84. The SMILES string of the molecule is NNc1cc(N2CCCC2CCCO)ccn1. The van der Waals surface area contributed by atoms with E-state index in [2.05, 4.69) is 15.3 Å². The van der Waals surface area contributed by atoms with Crippen molar-refractivity contribution < 1.29 is 5.11 Å². The monoisotopic (exact) mass is 236 g/mol. The topological polar surface area (TPSA) is 74.4 Å². The molecule has 5 nitrogen and oxygen atoms in total. The summed E-state index contributed by atoms with van der Waals surface area (Å²) >= 11 is 0. The Hall–Kier alpha value is -1.33. The minimum atomic E-state index is 0.274. The predicted octanol–water partition coefficient (Wildman–Crippen LogP) is 1.11. The van der Waals surface area contributed by atoms with Crippen LogP contribution in [0.3, 0.4) is 0 Å². The van der Waals surface area contributed by atoms with Crippen molar-refractivity contribution in [3.05, 3.63) is 18.3 Å². The fraction of sp³-hybridized carbons (Fsp3) is 0.583. The van der Waals surface area contributed by atoms with Gasteiger partial charge in [0.25, 0.3) is 0 Å². The lowest BCUT2D eigenvalue weighted by Gasteiger charge is -2.26. The first kappa shape index (κ1) is 12.1. The van der Waals surface area contributed by atoms with E-state index >= 15 is 0 Å². The molecule has 1 aliphatic heterocycles. The van der Waals surface area contributed by atoms with Crippen LogP contribution in [0.4, 0.5) is 11.5 Å². The lowest BCUT2D eigenvalue weighted by molar-refractivity contribution is 0.279. The number of aliphatic hydroxyl groups is 1. The normalized spacial score (nSPS) is 19.6. The number of nitrogen functional groups attached to an aromatic ring is 1. The van der Waals surface area contributed by atoms with Crippen molar-refractivity contribution in [2.45, 2.75) is 31.7 Å². The summed E-state index contributed by atoms with van der Waals surface area (Å²) in [4.78, 5) is 6.50. The molecule has 2 rings (SSSR count). The van der Waals surface area contributed by atoms with Gasteiger partial charge in [-0.3, -0.25) is 0 Å². The third-order valence-electron chi connectivity index (χ3n) is 3.30. The molecule has 1 aliphatic rings. The molecule has 1 unspecified atom stereocenters. The van der Waals surface area contributed by atoms with E-state index in [1.807, 2.05) is 12.1 Å². The van der Waals surface area contributed by atoms with Crippen LogP contribution in [0.5, 0.6) is 0 Å². The first-order chi connectivity index (χ1) is 8.35. The molecule has 1 fully saturated rings. The number of nitrogens with two attached hydrogens (primary N) is 1. The number of nitrogens with zero attached hydrogens (tertiary/aromatic N) is 2. The van der Waals surface area contributed by atoms with Crippen molar-refractivity contribution in [1.29, 1.82) is 0 Å². The largest absolute Gasteiger partial charge is 0.396 e. The molecule has 0 spiro atoms. The Morgan fingerprint density at radius 2 is 2.47 bits per heavy atom. The molecule has 2 heterocycles. The van der Waals surface area contributed by atoms with Crippen LogP contribution in [-0.4, -0.2) is 29.3 Å². The van der Waals surface area contributed by atoms with Gasteiger partial charge in [-0.1, -0.05) is 0 Å². The minimum absolute atomic E-state index is 0.274. The highest BCUT2D eigenvalue weighted by molar-refractivity contribution is 5.54. The molecule has 0 aromatic carbocycles. The molecule has 0 aliphatic carbocycles. The maximum atomic E-state index is 8.91. The molecule has 0 bridgehead atoms. The Balaban J connectivity index is 2.08. The zero-order valence-electron chi connectivity index (χ0n) is 9.97. The number of hydrazine groups is 1. The summed E-state index contributed by atoms with van der Waals surface area (Å²) in [6, 6.07) is 4.52. The number of anilines is 2. The Bertz CT molecular complexity index is 358. The van der Waals surface area contributed by atoms with Crippen molar-refractivity contribution >= 4 is 11.5 Å². The number of nitrogens with one attached hydrogen (secondary N) is 1. The Labute approximate surface area is 102 Å². The van der Waals surface area contributed by atoms with E-state index in [0.717, 1.165) is 25.1 Å². The first-order valence-electron chi connectivity index (χ1n) is 6.15. The summed E-state index contributed by atoms with van der Waals surface area (Å²) in [5.41, 5.74) is 3.73. The van der Waals surface area contributed by atoms with Gasteiger partial charge in [-0.15, -0.1) is 0 Å². The van der Waals surface area contributed by atoms with E-state index in [0.29, 0.717) is 11.9 Å². The molecule has 94 valence electrons. The van der Waals surface area contributed by atoms with Gasteiger partial charge in [-0.05, 0) is 31.7 Å². The number of rotatable bonds is 5. The zero-order valence-corrected chi connectivity index (χ0v) is 9.97. The van der Waals surface area contributed by atoms with Gasteiger partial charge in [0.15, 0.2) is 0 Å². The van der Waals surface area contributed by atoms with Crippen LogP contribution < -0.4 is 16.2 Å². The fourth-order valence-corrected chi connectivity index (χ4v) is 2.48. The van der Waals surface area contributed by atoms with Crippen molar-refractivity contribution in [2.75, 3.05) is 23.5 Å². The Morgan fingerprint density at radius 1 is 1.59 bits per heavy atom. The quantitative estimate of drug-likeness (QED) is 0.527. The molecule has 1 aromatic heterocycles. The predicted molar refractivity (Wildman–Crippen MR) is 68.7 cm³/mol. The van der Waals surface area contributed by atoms with E-state index in [1.165, 1.54) is 12.8 Å². The second kappa shape index (κ2) is 5.84. The molecule has 1 saturated heterocycles. The van der Waals surface area contributed by atoms with Crippen LogP contribution >= 0.6 is 0 Å². The maximum Gasteiger partial charge on any atom is 0.141 e. The van der Waals surface area contributed by atoms with Gasteiger partial charge >= 0.3 is 0 Å². The number of hydrogen-bond donors (Lipinski definition) is 3. The van der Waals surface area contributed by atoms with E-state index in [1.54, 1.807) is 6.20 Å². The zero-order chi connectivity index (χ0) is 12.1. The molecule has 1 aromatic rings. The van der Waals surface area contributed by atoms with Crippen LogP contribution in [0.2, 0.25) is 0 Å². The third kappa shape index (κ3) is 2.87. The van der Waals surface area contributed by atoms with Crippen LogP contribution in [-0.2, 0) is 0 Å². The van der Waals surface area contributed by atoms with Gasteiger partial charge in [0, 0.05) is 37.1 Å². The van der Waals surface area contributed by atoms with Crippen molar-refractivity contribution in [1.82, 2.24) is 4.98 Å². The summed E-state index contributed by atoms with van der Waals surface area (Å²) in [5.74, 6) is 6.06. The summed E-state index contributed by atoms with van der Waals surface area (Å²) < 4.78 is 0. The second-order valence-corrected chi connectivity index (χ2v) is 4.40. The maximum absolute atomic E-state index is 8.91. The van der Waals surface area contributed by atoms with Gasteiger partial charge < -0.3 is 15.4 Å². The van der Waals surface area contributed by atoms with Gasteiger partial charge in [0.1, 0.15) is 5.82 Å². The van der Waals surface area contributed by atoms with Gasteiger partial charge in [0.05, 0.1) is 0 Å². The first-order valence-corrected chi connectivity index (χ1v) is 6.15. The molecule has 0 saturated carbocycles. The minimum Gasteiger partial charge on any atom is -0.396 e. The lowest BCUT2D eigenvalue weighted by atomic mass is 10.1. The highest BCUT2D eigenvalue weighted by Gasteiger charge is 2.24. The highest BCUT2D eigenvalue weighted by Crippen LogP contribution is 2.28. The molecule has 1 atom stereocenters. The van der Waals surface area contributed by atoms with Crippen molar-refractivity contribution in [2.24, 2.45) is 5.84 Å². The lowest BCUT2D eigenvalue weighted by Crippen LogP contribution is -2.29. The second-order valence-electron chi connectivity index (χ2n) is 4.40. The molecule has 0 radical (unpaired) electrons. The summed E-state index contributed by atoms with van der Waals surface area (Å²) in [6.07, 6.45) is 6.10. The van der Waals surface area contributed by atoms with Crippen LogP contribution in [0.1, 0.15) is 25.7 Å². The highest BCUT2D eigenvalue weighted by atomic mass is 16.2. The average molecular weight is 236 g/mol. The number of pyridine rings is 1. The van der Waals surface area contributed by atoms with Crippen LogP contribution in [0, 0.1) is 0 Å². The Morgan fingerprint density at radius 3 is 3.24 bits per heavy atom.